The molecule has 0 rings (SSSR count). The summed E-state index contributed by atoms with van der Waals surface area (Å²) in [6.07, 6.45) is 4.83. The molecule has 0 aliphatic rings. The Labute approximate surface area is 48.1 Å². The Morgan fingerprint density at radius 3 is 2.86 bits per heavy atom. The maximum absolute atomic E-state index is 4.26. The van der Waals surface area contributed by atoms with Crippen molar-refractivity contribution in [2.24, 2.45) is 4.99 Å². The number of allylic oxidation sites excluding steroid dienone is 2. The van der Waals surface area contributed by atoms with Crippen molar-refractivity contribution in [2.45, 2.75) is 0 Å². The second kappa shape index (κ2) is 5.28. The van der Waals surface area contributed by atoms with Gasteiger partial charge in [-0.15, -0.1) is 0 Å². The van der Waals surface area contributed by atoms with Crippen molar-refractivity contribution in [3.8, 4) is 0 Å². The molecule has 0 aromatic carbocycles. The number of hydrogen-bond donors (Lipinski definition) is 0. The van der Waals surface area contributed by atoms with Crippen LogP contribution < -0.4 is 0 Å². The predicted molar refractivity (Wildman–Crippen MR) is 34.4 cm³/mol. The van der Waals surface area contributed by atoms with Crippen LogP contribution in [0.5, 0.6) is 0 Å². The molecule has 0 aromatic rings. The zero-order valence-electron chi connectivity index (χ0n) is 3.79. The monoisotopic (exact) mass is 111 g/mol. The summed E-state index contributed by atoms with van der Waals surface area (Å²) in [4.78, 5) is 3.47. The molecule has 0 saturated heterocycles. The fraction of sp³-hybridized carbons (Fsp3) is 0. The van der Waals surface area contributed by atoms with Gasteiger partial charge in [0, 0.05) is 6.20 Å². The molecule has 0 fully saturated rings. The molecule has 0 amide bonds. The lowest BCUT2D eigenvalue weighted by Gasteiger charge is -1.61. The standard InChI is InChI=1S/C5H5NS/c1-2-3-4-6-5-7/h2-4H,1H2. The van der Waals surface area contributed by atoms with E-state index in [2.05, 4.69) is 29.0 Å². The highest BCUT2D eigenvalue weighted by molar-refractivity contribution is 7.78. The van der Waals surface area contributed by atoms with Gasteiger partial charge in [0.05, 0.1) is 5.16 Å². The molecular weight excluding hydrogens is 106 g/mol. The average molecular weight is 111 g/mol. The molecule has 1 nitrogen and oxygen atoms in total. The Hall–Kier alpha value is -0.720. The zero-order chi connectivity index (χ0) is 5.54. The normalized spacial score (nSPS) is 8.00. The van der Waals surface area contributed by atoms with Crippen molar-refractivity contribution in [3.63, 3.8) is 0 Å². The third-order valence-corrected chi connectivity index (χ3v) is 0.455. The van der Waals surface area contributed by atoms with E-state index in [1.54, 1.807) is 12.2 Å². The molecule has 0 N–H and O–H groups in total. The van der Waals surface area contributed by atoms with Crippen molar-refractivity contribution in [1.82, 2.24) is 0 Å². The van der Waals surface area contributed by atoms with Gasteiger partial charge < -0.3 is 0 Å². The quantitative estimate of drug-likeness (QED) is 0.300. The maximum Gasteiger partial charge on any atom is 0.0634 e. The highest BCUT2D eigenvalue weighted by Crippen LogP contribution is 1.70. The molecule has 0 radical (unpaired) electrons. The van der Waals surface area contributed by atoms with Crippen molar-refractivity contribution < 1.29 is 0 Å². The van der Waals surface area contributed by atoms with Gasteiger partial charge >= 0.3 is 0 Å². The molecule has 0 aromatic heterocycles. The van der Waals surface area contributed by atoms with E-state index in [9.17, 15) is 0 Å². The van der Waals surface area contributed by atoms with Crippen molar-refractivity contribution in [1.29, 1.82) is 0 Å². The highest BCUT2D eigenvalue weighted by Gasteiger charge is 1.51. The van der Waals surface area contributed by atoms with Crippen LogP contribution in [0.3, 0.4) is 0 Å². The summed E-state index contributed by atoms with van der Waals surface area (Å²) in [5, 5.41) is 2.18. The van der Waals surface area contributed by atoms with Crippen LogP contribution in [0.2, 0.25) is 0 Å². The predicted octanol–water partition coefficient (Wildman–Crippen LogP) is 1.79. The van der Waals surface area contributed by atoms with Crippen LogP contribution in [-0.4, -0.2) is 5.16 Å². The van der Waals surface area contributed by atoms with Gasteiger partial charge in [0.2, 0.25) is 0 Å². The fourth-order valence-corrected chi connectivity index (χ4v) is 0.195. The minimum Gasteiger partial charge on any atom is -0.203 e. The fourth-order valence-electron chi connectivity index (χ4n) is 0.134. The number of hydrogen-bond acceptors (Lipinski definition) is 2. The van der Waals surface area contributed by atoms with Crippen molar-refractivity contribution >= 4 is 17.4 Å². The molecule has 7 heavy (non-hydrogen) atoms. The van der Waals surface area contributed by atoms with Gasteiger partial charge in [-0.25, -0.2) is 4.99 Å². The summed E-state index contributed by atoms with van der Waals surface area (Å²) in [6.45, 7) is 3.42. The summed E-state index contributed by atoms with van der Waals surface area (Å²) in [5.41, 5.74) is 0. The van der Waals surface area contributed by atoms with E-state index in [1.807, 2.05) is 0 Å². The minimum atomic E-state index is 1.53. The van der Waals surface area contributed by atoms with E-state index >= 15 is 0 Å². The average Bonchev–Trinajstić information content (AvgIpc) is 1.69. The minimum absolute atomic E-state index is 1.53. The molecule has 0 unspecified atom stereocenters. The lowest BCUT2D eigenvalue weighted by molar-refractivity contribution is 1.62. The van der Waals surface area contributed by atoms with Gasteiger partial charge in [-0.1, -0.05) is 12.7 Å². The van der Waals surface area contributed by atoms with E-state index in [-0.39, 0.29) is 0 Å². The topological polar surface area (TPSA) is 12.4 Å². The van der Waals surface area contributed by atoms with Crippen molar-refractivity contribution in [3.05, 3.63) is 24.9 Å². The van der Waals surface area contributed by atoms with E-state index in [0.717, 1.165) is 0 Å². The lowest BCUT2D eigenvalue weighted by atomic mass is 10.6. The van der Waals surface area contributed by atoms with E-state index < -0.39 is 0 Å². The van der Waals surface area contributed by atoms with Crippen LogP contribution in [0, 0.1) is 0 Å². The van der Waals surface area contributed by atoms with E-state index in [0.29, 0.717) is 0 Å². The van der Waals surface area contributed by atoms with Gasteiger partial charge in [0.25, 0.3) is 0 Å². The number of thiocarbonyl (C=S) groups is 1. The number of isothiocyanates is 1. The number of aliphatic imine (C=N–C) groups is 1. The zero-order valence-corrected chi connectivity index (χ0v) is 4.61. The van der Waals surface area contributed by atoms with E-state index in [1.165, 1.54) is 6.20 Å². The second-order valence-electron chi connectivity index (χ2n) is 0.798. The van der Waals surface area contributed by atoms with Crippen LogP contribution in [0.25, 0.3) is 0 Å². The van der Waals surface area contributed by atoms with Gasteiger partial charge in [-0.2, -0.15) is 0 Å². The number of nitrogens with zero attached hydrogens (tertiary/aromatic N) is 1. The summed E-state index contributed by atoms with van der Waals surface area (Å²) in [5.74, 6) is 0. The Morgan fingerprint density at radius 2 is 2.43 bits per heavy atom. The molecule has 0 aliphatic carbocycles. The van der Waals surface area contributed by atoms with Crippen LogP contribution in [-0.2, 0) is 0 Å². The third-order valence-electron chi connectivity index (χ3n) is 0.349. The third kappa shape index (κ3) is 5.28. The summed E-state index contributed by atoms with van der Waals surface area (Å²) < 4.78 is 0. The van der Waals surface area contributed by atoms with Crippen LogP contribution in [0.15, 0.2) is 29.9 Å². The molecule has 0 atom stereocenters. The second-order valence-corrected chi connectivity index (χ2v) is 0.980. The Kier molecular flexibility index (Phi) is 4.74. The lowest BCUT2D eigenvalue weighted by Crippen LogP contribution is -1.42. The van der Waals surface area contributed by atoms with Gasteiger partial charge in [0.15, 0.2) is 0 Å². The Morgan fingerprint density at radius 1 is 1.71 bits per heavy atom. The SMILES string of the molecule is C=CC=CN=C=S. The molecular formula is C5H5NS. The first-order valence-corrected chi connectivity index (χ1v) is 2.17. The molecule has 0 heterocycles. The van der Waals surface area contributed by atoms with Crippen LogP contribution in [0.4, 0.5) is 0 Å². The highest BCUT2D eigenvalue weighted by atomic mass is 32.1. The molecule has 0 saturated carbocycles. The van der Waals surface area contributed by atoms with Crippen LogP contribution >= 0.6 is 12.2 Å². The van der Waals surface area contributed by atoms with Gasteiger partial charge in [0.1, 0.15) is 0 Å². The first-order valence-electron chi connectivity index (χ1n) is 1.76. The molecule has 0 spiro atoms. The molecule has 2 heteroatoms. The van der Waals surface area contributed by atoms with Gasteiger partial charge in [-0.3, -0.25) is 0 Å². The summed E-state index contributed by atoms with van der Waals surface area (Å²) in [7, 11) is 0. The summed E-state index contributed by atoms with van der Waals surface area (Å²) in [6, 6.07) is 0. The van der Waals surface area contributed by atoms with E-state index in [4.69, 9.17) is 0 Å². The van der Waals surface area contributed by atoms with Crippen molar-refractivity contribution in [2.75, 3.05) is 0 Å². The summed E-state index contributed by atoms with van der Waals surface area (Å²) >= 11 is 4.26. The van der Waals surface area contributed by atoms with Gasteiger partial charge in [-0.05, 0) is 18.3 Å². The maximum atomic E-state index is 4.26. The Bertz CT molecular complexity index is 120. The molecule has 0 aliphatic heterocycles. The molecule has 36 valence electrons. The number of rotatable bonds is 2. The smallest absolute Gasteiger partial charge is 0.0634 e. The first-order chi connectivity index (χ1) is 3.41. The Balaban J connectivity index is 3.47. The van der Waals surface area contributed by atoms with Crippen LogP contribution in [0.1, 0.15) is 0 Å². The largest absolute Gasteiger partial charge is 0.203 e. The molecule has 0 bridgehead atoms. The first kappa shape index (κ1) is 6.28.